The predicted octanol–water partition coefficient (Wildman–Crippen LogP) is 2.45. The highest BCUT2D eigenvalue weighted by atomic mass is 32.1. The Hall–Kier alpha value is -2.58. The molecule has 2 amide bonds. The summed E-state index contributed by atoms with van der Waals surface area (Å²) in [4.78, 5) is 28.1. The number of nitrogens with one attached hydrogen (secondary N) is 2. The van der Waals surface area contributed by atoms with Crippen molar-refractivity contribution in [1.82, 2.24) is 15.5 Å². The maximum Gasteiger partial charge on any atom is 0.258 e. The summed E-state index contributed by atoms with van der Waals surface area (Å²) in [7, 11) is 1.51. The van der Waals surface area contributed by atoms with Crippen molar-refractivity contribution in [2.75, 3.05) is 33.4 Å². The van der Waals surface area contributed by atoms with E-state index in [1.165, 1.54) is 17.6 Å². The number of hydrogen-bond donors (Lipinski definition) is 2. The molecule has 0 aliphatic carbocycles. The van der Waals surface area contributed by atoms with E-state index in [9.17, 15) is 9.59 Å². The Labute approximate surface area is 181 Å². The van der Waals surface area contributed by atoms with Gasteiger partial charge in [0.2, 0.25) is 0 Å². The number of nitrogens with zero attached hydrogens (tertiary/aromatic N) is 1. The van der Waals surface area contributed by atoms with Crippen molar-refractivity contribution >= 4 is 23.2 Å². The van der Waals surface area contributed by atoms with Crippen LogP contribution in [-0.2, 0) is 17.8 Å². The lowest BCUT2D eigenvalue weighted by molar-refractivity contribution is -0.123. The second-order valence-electron chi connectivity index (χ2n) is 7.53. The highest BCUT2D eigenvalue weighted by molar-refractivity contribution is 7.10. The normalized spacial score (nSPS) is 13.6. The molecular formula is C22H29N3O4S. The highest BCUT2D eigenvalue weighted by Crippen LogP contribution is 2.28. The molecule has 8 heteroatoms. The van der Waals surface area contributed by atoms with Crippen molar-refractivity contribution in [3.8, 4) is 11.5 Å². The number of fused-ring (bicyclic) bond motifs is 1. The van der Waals surface area contributed by atoms with Crippen molar-refractivity contribution in [2.24, 2.45) is 0 Å². The van der Waals surface area contributed by atoms with Gasteiger partial charge in [-0.15, -0.1) is 11.3 Å². The molecule has 0 spiro atoms. The molecule has 2 N–H and O–H groups in total. The van der Waals surface area contributed by atoms with Crippen molar-refractivity contribution in [3.63, 3.8) is 0 Å². The van der Waals surface area contributed by atoms with Gasteiger partial charge in [-0.05, 0) is 55.5 Å². The van der Waals surface area contributed by atoms with Gasteiger partial charge in [-0.2, -0.15) is 0 Å². The standard InChI is InChI=1S/C22H29N3O4S/c1-15(2)24-21(26)14-29-18-5-4-16(12-19(18)28-3)22(27)23-8-10-25-9-6-20-17(13-25)7-11-30-20/h4-5,7,11-12,15H,6,8-10,13-14H2,1-3H3,(H,23,27)(H,24,26). The Balaban J connectivity index is 1.49. The zero-order valence-electron chi connectivity index (χ0n) is 17.7. The number of thiophene rings is 1. The molecule has 0 unspecified atom stereocenters. The molecule has 162 valence electrons. The summed E-state index contributed by atoms with van der Waals surface area (Å²) in [5.41, 5.74) is 1.89. The van der Waals surface area contributed by atoms with Crippen LogP contribution < -0.4 is 20.1 Å². The van der Waals surface area contributed by atoms with Crippen LogP contribution in [-0.4, -0.2) is 56.1 Å². The second-order valence-corrected chi connectivity index (χ2v) is 8.53. The first kappa shape index (κ1) is 22.1. The molecule has 0 fully saturated rings. The van der Waals surface area contributed by atoms with Crippen molar-refractivity contribution < 1.29 is 19.1 Å². The minimum absolute atomic E-state index is 0.0475. The Morgan fingerprint density at radius 3 is 2.83 bits per heavy atom. The maximum atomic E-state index is 12.5. The molecule has 0 atom stereocenters. The van der Waals surface area contributed by atoms with E-state index in [4.69, 9.17) is 9.47 Å². The topological polar surface area (TPSA) is 79.9 Å². The van der Waals surface area contributed by atoms with Gasteiger partial charge in [0.05, 0.1) is 7.11 Å². The first-order valence-corrected chi connectivity index (χ1v) is 11.0. The van der Waals surface area contributed by atoms with Crippen LogP contribution in [0.25, 0.3) is 0 Å². The number of methoxy groups -OCH3 is 1. The van der Waals surface area contributed by atoms with Gasteiger partial charge in [-0.1, -0.05) is 0 Å². The molecule has 3 rings (SSSR count). The molecular weight excluding hydrogens is 402 g/mol. The summed E-state index contributed by atoms with van der Waals surface area (Å²) < 4.78 is 10.9. The third-order valence-corrected chi connectivity index (χ3v) is 5.86. The summed E-state index contributed by atoms with van der Waals surface area (Å²) in [5.74, 6) is 0.473. The van der Waals surface area contributed by atoms with Crippen LogP contribution >= 0.6 is 11.3 Å². The molecule has 0 radical (unpaired) electrons. The fraction of sp³-hybridized carbons (Fsp3) is 0.455. The number of amides is 2. The molecule has 0 bridgehead atoms. The van der Waals surface area contributed by atoms with Crippen LogP contribution in [0.3, 0.4) is 0 Å². The Morgan fingerprint density at radius 2 is 2.07 bits per heavy atom. The number of rotatable bonds is 9. The summed E-state index contributed by atoms with van der Waals surface area (Å²) >= 11 is 1.82. The number of carbonyl (C=O) groups excluding carboxylic acids is 2. The van der Waals surface area contributed by atoms with Gasteiger partial charge in [0.25, 0.3) is 11.8 Å². The van der Waals surface area contributed by atoms with Crippen molar-refractivity contribution in [2.45, 2.75) is 32.9 Å². The van der Waals surface area contributed by atoms with Crippen LogP contribution in [0.5, 0.6) is 11.5 Å². The van der Waals surface area contributed by atoms with Gasteiger partial charge in [-0.3, -0.25) is 14.5 Å². The zero-order chi connectivity index (χ0) is 21.5. The highest BCUT2D eigenvalue weighted by Gasteiger charge is 2.17. The average molecular weight is 432 g/mol. The summed E-state index contributed by atoms with van der Waals surface area (Å²) in [6.07, 6.45) is 1.08. The smallest absolute Gasteiger partial charge is 0.258 e. The second kappa shape index (κ2) is 10.4. The van der Waals surface area contributed by atoms with Crippen LogP contribution in [0.2, 0.25) is 0 Å². The molecule has 30 heavy (non-hydrogen) atoms. The minimum atomic E-state index is -0.207. The molecule has 2 heterocycles. The van der Waals surface area contributed by atoms with Gasteiger partial charge in [-0.25, -0.2) is 0 Å². The van der Waals surface area contributed by atoms with E-state index in [1.54, 1.807) is 18.2 Å². The minimum Gasteiger partial charge on any atom is -0.493 e. The number of benzene rings is 1. The fourth-order valence-corrected chi connectivity index (χ4v) is 4.25. The van der Waals surface area contributed by atoms with Gasteiger partial charge in [0.1, 0.15) is 0 Å². The molecule has 0 saturated heterocycles. The fourth-order valence-electron chi connectivity index (χ4n) is 3.36. The lowest BCUT2D eigenvalue weighted by atomic mass is 10.1. The van der Waals surface area contributed by atoms with Crippen molar-refractivity contribution in [1.29, 1.82) is 0 Å². The monoisotopic (exact) mass is 431 g/mol. The maximum absolute atomic E-state index is 12.5. The third-order valence-electron chi connectivity index (χ3n) is 4.83. The Bertz CT molecular complexity index is 881. The Kier molecular flexibility index (Phi) is 7.70. The molecule has 1 aliphatic heterocycles. The summed E-state index contributed by atoms with van der Waals surface area (Å²) in [6, 6.07) is 7.19. The van der Waals surface area contributed by atoms with E-state index in [-0.39, 0.29) is 24.5 Å². The van der Waals surface area contributed by atoms with E-state index >= 15 is 0 Å². The number of ether oxygens (including phenoxy) is 2. The molecule has 7 nitrogen and oxygen atoms in total. The predicted molar refractivity (Wildman–Crippen MR) is 117 cm³/mol. The largest absolute Gasteiger partial charge is 0.493 e. The first-order chi connectivity index (χ1) is 14.5. The third kappa shape index (κ3) is 5.96. The van der Waals surface area contributed by atoms with E-state index in [0.717, 1.165) is 26.1 Å². The van der Waals surface area contributed by atoms with Gasteiger partial charge >= 0.3 is 0 Å². The van der Waals surface area contributed by atoms with Gasteiger partial charge in [0.15, 0.2) is 18.1 Å². The SMILES string of the molecule is COc1cc(C(=O)NCCN2CCc3sccc3C2)ccc1OCC(=O)NC(C)C. The van der Waals surface area contributed by atoms with E-state index in [2.05, 4.69) is 27.0 Å². The zero-order valence-corrected chi connectivity index (χ0v) is 18.5. The number of carbonyl (C=O) groups is 2. The van der Waals surface area contributed by atoms with E-state index in [0.29, 0.717) is 23.6 Å². The molecule has 2 aromatic rings. The molecule has 0 saturated carbocycles. The van der Waals surface area contributed by atoms with Crippen LogP contribution in [0.15, 0.2) is 29.6 Å². The molecule has 1 aromatic carbocycles. The molecule has 1 aromatic heterocycles. The van der Waals surface area contributed by atoms with Crippen molar-refractivity contribution in [3.05, 3.63) is 45.6 Å². The first-order valence-electron chi connectivity index (χ1n) is 10.1. The van der Waals surface area contributed by atoms with Gasteiger partial charge < -0.3 is 20.1 Å². The van der Waals surface area contributed by atoms with E-state index < -0.39 is 0 Å². The summed E-state index contributed by atoms with van der Waals surface area (Å²) in [5, 5.41) is 7.88. The average Bonchev–Trinajstić information content (AvgIpc) is 3.19. The van der Waals surface area contributed by atoms with Crippen LogP contribution in [0, 0.1) is 0 Å². The van der Waals surface area contributed by atoms with Crippen LogP contribution in [0.1, 0.15) is 34.6 Å². The number of hydrogen-bond acceptors (Lipinski definition) is 6. The lowest BCUT2D eigenvalue weighted by Gasteiger charge is -2.26. The summed E-state index contributed by atoms with van der Waals surface area (Å²) in [6.45, 7) is 7.01. The Morgan fingerprint density at radius 1 is 1.23 bits per heavy atom. The quantitative estimate of drug-likeness (QED) is 0.638. The lowest BCUT2D eigenvalue weighted by Crippen LogP contribution is -2.37. The van der Waals surface area contributed by atoms with Crippen LogP contribution in [0.4, 0.5) is 0 Å². The molecule has 1 aliphatic rings. The van der Waals surface area contributed by atoms with Gasteiger partial charge in [0, 0.05) is 42.7 Å². The van der Waals surface area contributed by atoms with E-state index in [1.807, 2.05) is 25.2 Å².